The van der Waals surface area contributed by atoms with Gasteiger partial charge >= 0.3 is 0 Å². The lowest BCUT2D eigenvalue weighted by Crippen LogP contribution is -2.17. The number of carbonyl (C=O) groups is 1. The van der Waals surface area contributed by atoms with Crippen molar-refractivity contribution in [2.75, 3.05) is 25.3 Å². The van der Waals surface area contributed by atoms with Crippen molar-refractivity contribution in [3.05, 3.63) is 42.0 Å². The molecule has 1 amide bonds. The van der Waals surface area contributed by atoms with E-state index in [1.165, 1.54) is 37.5 Å². The summed E-state index contributed by atoms with van der Waals surface area (Å²) in [5.74, 6) is 0.529. The quantitative estimate of drug-likeness (QED) is 0.675. The summed E-state index contributed by atoms with van der Waals surface area (Å²) in [4.78, 5) is 17.1. The standard InChI is InChI=1S/C18H18N2O5S2/c1-4-27(22,23)14-8-6-5-7-11(14)17(21)20-18-19-15-12(24-2)9-10-13(25-3)16(15)26-18/h5-10H,4H2,1-3H3,(H,19,20,21). The molecule has 0 aliphatic rings. The predicted octanol–water partition coefficient (Wildman–Crippen LogP) is 3.36. The number of methoxy groups -OCH3 is 2. The van der Waals surface area contributed by atoms with Crippen LogP contribution in [0.2, 0.25) is 0 Å². The molecule has 2 aromatic carbocycles. The van der Waals surface area contributed by atoms with Crippen LogP contribution in [0.25, 0.3) is 10.2 Å². The molecule has 1 aromatic heterocycles. The molecule has 0 bridgehead atoms. The Bertz CT molecular complexity index is 1070. The number of nitrogens with one attached hydrogen (secondary N) is 1. The summed E-state index contributed by atoms with van der Waals surface area (Å²) in [6.45, 7) is 1.54. The minimum absolute atomic E-state index is 0.00118. The third kappa shape index (κ3) is 3.60. The number of hydrogen-bond acceptors (Lipinski definition) is 7. The van der Waals surface area contributed by atoms with E-state index in [2.05, 4.69) is 10.3 Å². The van der Waals surface area contributed by atoms with Crippen LogP contribution in [0.5, 0.6) is 11.5 Å². The predicted molar refractivity (Wildman–Crippen MR) is 105 cm³/mol. The number of aromatic nitrogens is 1. The Labute approximate surface area is 160 Å². The zero-order chi connectivity index (χ0) is 19.6. The minimum atomic E-state index is -3.53. The van der Waals surface area contributed by atoms with Crippen LogP contribution in [0.1, 0.15) is 17.3 Å². The molecule has 0 aliphatic heterocycles. The van der Waals surface area contributed by atoms with E-state index in [-0.39, 0.29) is 16.2 Å². The molecule has 1 N–H and O–H groups in total. The maximum Gasteiger partial charge on any atom is 0.258 e. The summed E-state index contributed by atoms with van der Waals surface area (Å²) in [6, 6.07) is 9.61. The van der Waals surface area contributed by atoms with Gasteiger partial charge in [-0.05, 0) is 24.3 Å². The molecule has 0 radical (unpaired) electrons. The first kappa shape index (κ1) is 19.1. The summed E-state index contributed by atoms with van der Waals surface area (Å²) >= 11 is 1.22. The van der Waals surface area contributed by atoms with Gasteiger partial charge in [-0.15, -0.1) is 0 Å². The number of ether oxygens (including phenoxy) is 2. The summed E-state index contributed by atoms with van der Waals surface area (Å²) < 4.78 is 35.9. The Morgan fingerprint density at radius 2 is 1.78 bits per heavy atom. The van der Waals surface area contributed by atoms with Crippen LogP contribution in [0.3, 0.4) is 0 Å². The molecule has 0 atom stereocenters. The Balaban J connectivity index is 2.01. The van der Waals surface area contributed by atoms with Gasteiger partial charge in [0, 0.05) is 0 Å². The van der Waals surface area contributed by atoms with Crippen molar-refractivity contribution >= 4 is 42.4 Å². The van der Waals surface area contributed by atoms with E-state index in [4.69, 9.17) is 9.47 Å². The number of benzene rings is 2. The third-order valence-electron chi connectivity index (χ3n) is 3.98. The Hall–Kier alpha value is -2.65. The molecular weight excluding hydrogens is 388 g/mol. The molecule has 0 unspecified atom stereocenters. The second-order valence-electron chi connectivity index (χ2n) is 5.52. The number of sulfone groups is 1. The lowest BCUT2D eigenvalue weighted by molar-refractivity contribution is 0.102. The van der Waals surface area contributed by atoms with E-state index in [9.17, 15) is 13.2 Å². The number of amides is 1. The molecule has 1 heterocycles. The summed E-state index contributed by atoms with van der Waals surface area (Å²) in [6.07, 6.45) is 0. The van der Waals surface area contributed by atoms with Crippen LogP contribution in [0.4, 0.5) is 5.13 Å². The molecule has 9 heteroatoms. The van der Waals surface area contributed by atoms with Gasteiger partial charge in [0.15, 0.2) is 15.0 Å². The normalized spacial score (nSPS) is 11.4. The fraction of sp³-hybridized carbons (Fsp3) is 0.222. The highest BCUT2D eigenvalue weighted by atomic mass is 32.2. The van der Waals surface area contributed by atoms with Crippen molar-refractivity contribution in [1.82, 2.24) is 4.98 Å². The van der Waals surface area contributed by atoms with Crippen LogP contribution < -0.4 is 14.8 Å². The van der Waals surface area contributed by atoms with Gasteiger partial charge < -0.3 is 9.47 Å². The summed E-state index contributed by atoms with van der Waals surface area (Å²) in [5, 5.41) is 3.00. The zero-order valence-corrected chi connectivity index (χ0v) is 16.6. The minimum Gasteiger partial charge on any atom is -0.495 e. The van der Waals surface area contributed by atoms with Crippen LogP contribution in [-0.4, -0.2) is 39.3 Å². The maximum atomic E-state index is 12.7. The average Bonchev–Trinajstić information content (AvgIpc) is 3.10. The van der Waals surface area contributed by atoms with Gasteiger partial charge in [-0.25, -0.2) is 13.4 Å². The summed E-state index contributed by atoms with van der Waals surface area (Å²) in [5.41, 5.74) is 0.643. The summed E-state index contributed by atoms with van der Waals surface area (Å²) in [7, 11) is -0.451. The largest absolute Gasteiger partial charge is 0.495 e. The molecule has 0 saturated heterocycles. The van der Waals surface area contributed by atoms with Gasteiger partial charge in [0.25, 0.3) is 5.91 Å². The lowest BCUT2D eigenvalue weighted by atomic mass is 10.2. The highest BCUT2D eigenvalue weighted by Crippen LogP contribution is 2.39. The second-order valence-corrected chi connectivity index (χ2v) is 8.77. The van der Waals surface area contributed by atoms with Crippen molar-refractivity contribution in [2.24, 2.45) is 0 Å². The van der Waals surface area contributed by atoms with E-state index < -0.39 is 15.7 Å². The maximum absolute atomic E-state index is 12.7. The molecule has 0 saturated carbocycles. The van der Waals surface area contributed by atoms with Crippen molar-refractivity contribution in [3.63, 3.8) is 0 Å². The topological polar surface area (TPSA) is 94.6 Å². The van der Waals surface area contributed by atoms with E-state index in [0.717, 1.165) is 4.70 Å². The second kappa shape index (κ2) is 7.53. The van der Waals surface area contributed by atoms with Crippen LogP contribution >= 0.6 is 11.3 Å². The molecule has 0 aliphatic carbocycles. The number of thiazole rings is 1. The number of rotatable bonds is 6. The Kier molecular flexibility index (Phi) is 5.33. The molecular formula is C18H18N2O5S2. The smallest absolute Gasteiger partial charge is 0.258 e. The van der Waals surface area contributed by atoms with Crippen molar-refractivity contribution < 1.29 is 22.7 Å². The fourth-order valence-electron chi connectivity index (χ4n) is 2.58. The molecule has 7 nitrogen and oxygen atoms in total. The van der Waals surface area contributed by atoms with Crippen molar-refractivity contribution in [1.29, 1.82) is 0 Å². The first-order valence-electron chi connectivity index (χ1n) is 8.06. The van der Waals surface area contributed by atoms with E-state index in [1.807, 2.05) is 0 Å². The average molecular weight is 406 g/mol. The van der Waals surface area contributed by atoms with Crippen molar-refractivity contribution in [3.8, 4) is 11.5 Å². The number of fused-ring (bicyclic) bond motifs is 1. The van der Waals surface area contributed by atoms with Gasteiger partial charge in [0.05, 0.1) is 30.4 Å². The number of carbonyl (C=O) groups excluding carboxylic acids is 1. The number of nitrogens with zero attached hydrogens (tertiary/aromatic N) is 1. The molecule has 0 fully saturated rings. The number of anilines is 1. The number of hydrogen-bond donors (Lipinski definition) is 1. The molecule has 142 valence electrons. The van der Waals surface area contributed by atoms with E-state index in [0.29, 0.717) is 22.1 Å². The fourth-order valence-corrected chi connectivity index (χ4v) is 4.65. The zero-order valence-electron chi connectivity index (χ0n) is 15.0. The highest BCUT2D eigenvalue weighted by Gasteiger charge is 2.22. The molecule has 0 spiro atoms. The van der Waals surface area contributed by atoms with Gasteiger partial charge in [0.1, 0.15) is 21.7 Å². The van der Waals surface area contributed by atoms with Crippen LogP contribution in [0.15, 0.2) is 41.3 Å². The van der Waals surface area contributed by atoms with Gasteiger partial charge in [0.2, 0.25) is 0 Å². The Morgan fingerprint density at radius 1 is 1.11 bits per heavy atom. The first-order chi connectivity index (χ1) is 12.9. The van der Waals surface area contributed by atoms with Crippen LogP contribution in [0, 0.1) is 0 Å². The Morgan fingerprint density at radius 3 is 2.44 bits per heavy atom. The molecule has 3 aromatic rings. The van der Waals surface area contributed by atoms with Gasteiger partial charge in [-0.1, -0.05) is 30.4 Å². The first-order valence-corrected chi connectivity index (χ1v) is 10.5. The van der Waals surface area contributed by atoms with Gasteiger partial charge in [-0.2, -0.15) is 0 Å². The lowest BCUT2D eigenvalue weighted by Gasteiger charge is -2.08. The molecule has 27 heavy (non-hydrogen) atoms. The van der Waals surface area contributed by atoms with E-state index in [1.54, 1.807) is 31.4 Å². The highest BCUT2D eigenvalue weighted by molar-refractivity contribution is 7.91. The third-order valence-corrected chi connectivity index (χ3v) is 6.75. The SMILES string of the molecule is CCS(=O)(=O)c1ccccc1C(=O)Nc1nc2c(OC)ccc(OC)c2s1. The van der Waals surface area contributed by atoms with Crippen molar-refractivity contribution in [2.45, 2.75) is 11.8 Å². The molecule has 3 rings (SSSR count). The van der Waals surface area contributed by atoms with Gasteiger partial charge in [-0.3, -0.25) is 10.1 Å². The van der Waals surface area contributed by atoms with Crippen LogP contribution in [-0.2, 0) is 9.84 Å². The van der Waals surface area contributed by atoms with E-state index >= 15 is 0 Å². The monoisotopic (exact) mass is 406 g/mol.